The number of carbonyl (C=O) groups excluding carboxylic acids is 1. The molecule has 0 aromatic heterocycles. The number of carbonyl (C=O) groups is 1. The van der Waals surface area contributed by atoms with Crippen LogP contribution in [-0.4, -0.2) is 25.9 Å². The molecule has 0 aliphatic rings. The zero-order chi connectivity index (χ0) is 18.2. The first-order valence-corrected chi connectivity index (χ1v) is 8.41. The Morgan fingerprint density at radius 3 is 2.44 bits per heavy atom. The summed E-state index contributed by atoms with van der Waals surface area (Å²) in [6, 6.07) is 11.5. The van der Waals surface area contributed by atoms with E-state index in [2.05, 4.69) is 4.74 Å². The molecule has 0 saturated heterocycles. The van der Waals surface area contributed by atoms with Crippen LogP contribution in [0.15, 0.2) is 53.4 Å². The average Bonchev–Trinajstić information content (AvgIpc) is 2.61. The summed E-state index contributed by atoms with van der Waals surface area (Å²) in [5.74, 6) is -0.0518. The van der Waals surface area contributed by atoms with E-state index in [1.165, 1.54) is 37.5 Å². The second-order valence-electron chi connectivity index (χ2n) is 4.72. The fourth-order valence-corrected chi connectivity index (χ4v) is 2.35. The SMILES string of the molecule is COc1cc(/C=C/C(=O)Oc2ccc(SC)cc2)ccc1OC(F)F. The zero-order valence-corrected chi connectivity index (χ0v) is 14.4. The van der Waals surface area contributed by atoms with Gasteiger partial charge in [0.05, 0.1) is 7.11 Å². The van der Waals surface area contributed by atoms with Gasteiger partial charge in [0.25, 0.3) is 0 Å². The highest BCUT2D eigenvalue weighted by Crippen LogP contribution is 2.29. The minimum absolute atomic E-state index is 0.0777. The largest absolute Gasteiger partial charge is 0.493 e. The van der Waals surface area contributed by atoms with Crippen molar-refractivity contribution < 1.29 is 27.8 Å². The van der Waals surface area contributed by atoms with Crippen molar-refractivity contribution in [1.29, 1.82) is 0 Å². The summed E-state index contributed by atoms with van der Waals surface area (Å²) in [5.41, 5.74) is 0.577. The predicted molar refractivity (Wildman–Crippen MR) is 92.5 cm³/mol. The van der Waals surface area contributed by atoms with Crippen molar-refractivity contribution in [3.8, 4) is 17.2 Å². The lowest BCUT2D eigenvalue weighted by Gasteiger charge is -2.10. The van der Waals surface area contributed by atoms with Gasteiger partial charge in [-0.2, -0.15) is 8.78 Å². The van der Waals surface area contributed by atoms with Crippen LogP contribution in [0.5, 0.6) is 17.2 Å². The van der Waals surface area contributed by atoms with Crippen LogP contribution >= 0.6 is 11.8 Å². The molecule has 0 N–H and O–H groups in total. The maximum absolute atomic E-state index is 12.3. The van der Waals surface area contributed by atoms with Crippen LogP contribution in [-0.2, 0) is 4.79 Å². The van der Waals surface area contributed by atoms with Crippen molar-refractivity contribution in [2.75, 3.05) is 13.4 Å². The van der Waals surface area contributed by atoms with Crippen LogP contribution in [0.4, 0.5) is 8.78 Å². The molecule has 0 bridgehead atoms. The Balaban J connectivity index is 2.03. The molecule has 0 saturated carbocycles. The molecular weight excluding hydrogens is 350 g/mol. The Kier molecular flexibility index (Phi) is 6.82. The van der Waals surface area contributed by atoms with E-state index >= 15 is 0 Å². The molecular formula is C18H16F2O4S. The lowest BCUT2D eigenvalue weighted by atomic mass is 10.2. The van der Waals surface area contributed by atoms with Gasteiger partial charge in [0.2, 0.25) is 0 Å². The van der Waals surface area contributed by atoms with Gasteiger partial charge in [-0.25, -0.2) is 4.79 Å². The van der Waals surface area contributed by atoms with E-state index in [0.717, 1.165) is 4.90 Å². The molecule has 25 heavy (non-hydrogen) atoms. The highest BCUT2D eigenvalue weighted by molar-refractivity contribution is 7.98. The fraction of sp³-hybridized carbons (Fsp3) is 0.167. The third-order valence-electron chi connectivity index (χ3n) is 3.09. The number of ether oxygens (including phenoxy) is 3. The molecule has 0 atom stereocenters. The van der Waals surface area contributed by atoms with E-state index < -0.39 is 12.6 Å². The number of halogens is 2. The first-order valence-electron chi connectivity index (χ1n) is 7.18. The minimum Gasteiger partial charge on any atom is -0.493 e. The molecule has 7 heteroatoms. The van der Waals surface area contributed by atoms with Gasteiger partial charge < -0.3 is 14.2 Å². The van der Waals surface area contributed by atoms with Crippen molar-refractivity contribution in [1.82, 2.24) is 0 Å². The van der Waals surface area contributed by atoms with E-state index in [1.807, 2.05) is 18.4 Å². The van der Waals surface area contributed by atoms with Crippen LogP contribution in [0.3, 0.4) is 0 Å². The van der Waals surface area contributed by atoms with Crippen molar-refractivity contribution in [2.24, 2.45) is 0 Å². The molecule has 132 valence electrons. The summed E-state index contributed by atoms with van der Waals surface area (Å²) in [6.45, 7) is -2.94. The van der Waals surface area contributed by atoms with Gasteiger partial charge in [0, 0.05) is 11.0 Å². The summed E-state index contributed by atoms with van der Waals surface area (Å²) < 4.78 is 39.1. The van der Waals surface area contributed by atoms with Gasteiger partial charge in [-0.3, -0.25) is 0 Å². The van der Waals surface area contributed by atoms with Crippen LogP contribution in [0.1, 0.15) is 5.56 Å². The first kappa shape index (κ1) is 18.8. The van der Waals surface area contributed by atoms with Gasteiger partial charge in [-0.1, -0.05) is 6.07 Å². The number of thioether (sulfide) groups is 1. The molecule has 2 aromatic rings. The molecule has 2 aromatic carbocycles. The van der Waals surface area contributed by atoms with Gasteiger partial charge in [0.1, 0.15) is 5.75 Å². The highest BCUT2D eigenvalue weighted by Gasteiger charge is 2.10. The second kappa shape index (κ2) is 9.08. The molecule has 2 rings (SSSR count). The minimum atomic E-state index is -2.94. The van der Waals surface area contributed by atoms with Gasteiger partial charge in [0.15, 0.2) is 11.5 Å². The van der Waals surface area contributed by atoms with Crippen LogP contribution in [0.2, 0.25) is 0 Å². The first-order chi connectivity index (χ1) is 12.0. The average molecular weight is 366 g/mol. The Hall–Kier alpha value is -2.54. The molecule has 0 aliphatic carbocycles. The Bertz CT molecular complexity index is 745. The lowest BCUT2D eigenvalue weighted by molar-refractivity contribution is -0.128. The molecule has 0 aliphatic heterocycles. The molecule has 0 amide bonds. The van der Waals surface area contributed by atoms with Crippen molar-refractivity contribution >= 4 is 23.8 Å². The number of rotatable bonds is 7. The third-order valence-corrected chi connectivity index (χ3v) is 3.84. The summed E-state index contributed by atoms with van der Waals surface area (Å²) >= 11 is 1.59. The van der Waals surface area contributed by atoms with Gasteiger partial charge >= 0.3 is 12.6 Å². The number of esters is 1. The van der Waals surface area contributed by atoms with Crippen LogP contribution in [0, 0.1) is 0 Å². The molecule has 0 unspecified atom stereocenters. The summed E-state index contributed by atoms with van der Waals surface area (Å²) in [6.07, 6.45) is 4.69. The van der Waals surface area contributed by atoms with Crippen molar-refractivity contribution in [3.63, 3.8) is 0 Å². The number of hydrogen-bond acceptors (Lipinski definition) is 5. The Morgan fingerprint density at radius 1 is 1.12 bits per heavy atom. The zero-order valence-electron chi connectivity index (χ0n) is 13.6. The third kappa shape index (κ3) is 5.79. The maximum atomic E-state index is 12.3. The van der Waals surface area contributed by atoms with Crippen LogP contribution in [0.25, 0.3) is 6.08 Å². The van der Waals surface area contributed by atoms with E-state index in [0.29, 0.717) is 11.3 Å². The monoisotopic (exact) mass is 366 g/mol. The summed E-state index contributed by atoms with van der Waals surface area (Å²) in [4.78, 5) is 12.9. The van der Waals surface area contributed by atoms with E-state index in [1.54, 1.807) is 23.9 Å². The maximum Gasteiger partial charge on any atom is 0.387 e. The van der Waals surface area contributed by atoms with E-state index in [4.69, 9.17) is 9.47 Å². The number of methoxy groups -OCH3 is 1. The number of hydrogen-bond donors (Lipinski definition) is 0. The van der Waals surface area contributed by atoms with E-state index in [-0.39, 0.29) is 11.5 Å². The van der Waals surface area contributed by atoms with Crippen LogP contribution < -0.4 is 14.2 Å². The molecule has 0 heterocycles. The van der Waals surface area contributed by atoms with Gasteiger partial charge in [-0.15, -0.1) is 11.8 Å². The standard InChI is InChI=1S/C18H16F2O4S/c1-22-16-11-12(3-9-15(16)24-18(19)20)4-10-17(21)23-13-5-7-14(25-2)8-6-13/h3-11,18H,1-2H3/b10-4+. The summed E-state index contributed by atoms with van der Waals surface area (Å²) in [7, 11) is 1.34. The highest BCUT2D eigenvalue weighted by atomic mass is 32.2. The Labute approximate surface area is 148 Å². The second-order valence-corrected chi connectivity index (χ2v) is 5.60. The molecule has 0 spiro atoms. The quantitative estimate of drug-likeness (QED) is 0.309. The summed E-state index contributed by atoms with van der Waals surface area (Å²) in [5, 5.41) is 0. The normalized spacial score (nSPS) is 10.9. The Morgan fingerprint density at radius 2 is 1.84 bits per heavy atom. The molecule has 4 nitrogen and oxygen atoms in total. The van der Waals surface area contributed by atoms with E-state index in [9.17, 15) is 13.6 Å². The van der Waals surface area contributed by atoms with Crippen molar-refractivity contribution in [2.45, 2.75) is 11.5 Å². The van der Waals surface area contributed by atoms with Crippen molar-refractivity contribution in [3.05, 3.63) is 54.1 Å². The number of benzene rings is 2. The topological polar surface area (TPSA) is 44.8 Å². The lowest BCUT2D eigenvalue weighted by Crippen LogP contribution is -2.04. The molecule has 0 radical (unpaired) electrons. The smallest absolute Gasteiger partial charge is 0.387 e. The number of alkyl halides is 2. The van der Waals surface area contributed by atoms with Gasteiger partial charge in [-0.05, 0) is 54.3 Å². The fourth-order valence-electron chi connectivity index (χ4n) is 1.94. The molecule has 0 fully saturated rings. The predicted octanol–water partition coefficient (Wildman–Crippen LogP) is 4.64.